The van der Waals surface area contributed by atoms with Crippen molar-refractivity contribution in [1.82, 2.24) is 9.97 Å². The van der Waals surface area contributed by atoms with Crippen LogP contribution >= 0.6 is 11.6 Å². The summed E-state index contributed by atoms with van der Waals surface area (Å²) >= 11 is 6.18. The first-order valence-corrected chi connectivity index (χ1v) is 6.62. The van der Waals surface area contributed by atoms with Gasteiger partial charge in [-0.2, -0.15) is 4.98 Å². The third-order valence-corrected chi connectivity index (χ3v) is 3.28. The molecule has 2 N–H and O–H groups in total. The Kier molecular flexibility index (Phi) is 3.39. The second-order valence-corrected chi connectivity index (χ2v) is 4.68. The molecule has 0 saturated heterocycles. The summed E-state index contributed by atoms with van der Waals surface area (Å²) < 4.78 is 0. The predicted molar refractivity (Wildman–Crippen MR) is 83.8 cm³/mol. The van der Waals surface area contributed by atoms with Crippen LogP contribution < -0.4 is 10.6 Å². The molecular weight excluding hydrogens is 272 g/mol. The minimum atomic E-state index is 0.568. The third kappa shape index (κ3) is 2.38. The summed E-state index contributed by atoms with van der Waals surface area (Å²) in [5.41, 5.74) is 1.70. The summed E-state index contributed by atoms with van der Waals surface area (Å²) in [6.45, 7) is 0. The molecule has 3 aromatic rings. The van der Waals surface area contributed by atoms with E-state index in [9.17, 15) is 0 Å². The third-order valence-electron chi connectivity index (χ3n) is 2.95. The summed E-state index contributed by atoms with van der Waals surface area (Å²) in [6, 6.07) is 15.4. The minimum Gasteiger partial charge on any atom is -0.357 e. The quantitative estimate of drug-likeness (QED) is 0.761. The lowest BCUT2D eigenvalue weighted by molar-refractivity contribution is 1.19. The summed E-state index contributed by atoms with van der Waals surface area (Å²) in [7, 11) is 1.80. The second-order valence-electron chi connectivity index (χ2n) is 4.27. The van der Waals surface area contributed by atoms with Crippen LogP contribution in [0.3, 0.4) is 0 Å². The van der Waals surface area contributed by atoms with Crippen molar-refractivity contribution in [2.45, 2.75) is 0 Å². The number of hydrogen-bond acceptors (Lipinski definition) is 4. The standard InChI is InChI=1S/C15H13ClN4/c1-17-15-19-12-8-4-2-6-10(12)14(20-15)18-13-9-5-3-7-11(13)16/h2-9H,1H3,(H2,17,18,19,20). The van der Waals surface area contributed by atoms with E-state index in [2.05, 4.69) is 20.6 Å². The molecule has 0 amide bonds. The van der Waals surface area contributed by atoms with E-state index in [-0.39, 0.29) is 0 Å². The van der Waals surface area contributed by atoms with Crippen molar-refractivity contribution in [3.05, 3.63) is 53.6 Å². The molecule has 0 aliphatic rings. The molecule has 5 heteroatoms. The van der Waals surface area contributed by atoms with E-state index in [1.165, 1.54) is 0 Å². The molecule has 0 radical (unpaired) electrons. The fourth-order valence-corrected chi connectivity index (χ4v) is 2.16. The zero-order valence-electron chi connectivity index (χ0n) is 10.9. The molecule has 0 aliphatic heterocycles. The number of aromatic nitrogens is 2. The highest BCUT2D eigenvalue weighted by molar-refractivity contribution is 6.33. The van der Waals surface area contributed by atoms with Crippen molar-refractivity contribution < 1.29 is 0 Å². The Morgan fingerprint density at radius 1 is 0.950 bits per heavy atom. The summed E-state index contributed by atoms with van der Waals surface area (Å²) in [6.07, 6.45) is 0. The average molecular weight is 285 g/mol. The van der Waals surface area contributed by atoms with Crippen molar-refractivity contribution in [2.24, 2.45) is 0 Å². The van der Waals surface area contributed by atoms with Crippen molar-refractivity contribution >= 4 is 40.0 Å². The molecule has 1 heterocycles. The van der Waals surface area contributed by atoms with E-state index in [1.54, 1.807) is 7.05 Å². The fraction of sp³-hybridized carbons (Fsp3) is 0.0667. The van der Waals surface area contributed by atoms with Crippen LogP contribution in [0.1, 0.15) is 0 Å². The zero-order chi connectivity index (χ0) is 13.9. The number of nitrogens with zero attached hydrogens (tertiary/aromatic N) is 2. The minimum absolute atomic E-state index is 0.568. The van der Waals surface area contributed by atoms with Gasteiger partial charge in [0.2, 0.25) is 5.95 Å². The molecule has 2 aromatic carbocycles. The number of para-hydroxylation sites is 2. The van der Waals surface area contributed by atoms with Crippen molar-refractivity contribution in [1.29, 1.82) is 0 Å². The van der Waals surface area contributed by atoms with E-state index in [0.29, 0.717) is 11.0 Å². The number of rotatable bonds is 3. The summed E-state index contributed by atoms with van der Waals surface area (Å²) in [4.78, 5) is 8.89. The Morgan fingerprint density at radius 2 is 1.70 bits per heavy atom. The zero-order valence-corrected chi connectivity index (χ0v) is 11.6. The predicted octanol–water partition coefficient (Wildman–Crippen LogP) is 4.07. The maximum Gasteiger partial charge on any atom is 0.224 e. The first kappa shape index (κ1) is 12.7. The molecule has 0 bridgehead atoms. The van der Waals surface area contributed by atoms with E-state index in [4.69, 9.17) is 11.6 Å². The van der Waals surface area contributed by atoms with Gasteiger partial charge in [0.15, 0.2) is 0 Å². The van der Waals surface area contributed by atoms with Crippen LogP contribution in [0, 0.1) is 0 Å². The highest BCUT2D eigenvalue weighted by Crippen LogP contribution is 2.28. The van der Waals surface area contributed by atoms with Crippen LogP contribution in [-0.4, -0.2) is 17.0 Å². The molecule has 0 saturated carbocycles. The number of benzene rings is 2. The van der Waals surface area contributed by atoms with Crippen LogP contribution in [-0.2, 0) is 0 Å². The van der Waals surface area contributed by atoms with Gasteiger partial charge >= 0.3 is 0 Å². The van der Waals surface area contributed by atoms with Crippen molar-refractivity contribution in [2.75, 3.05) is 17.7 Å². The van der Waals surface area contributed by atoms with Crippen LogP contribution in [0.4, 0.5) is 17.5 Å². The maximum atomic E-state index is 6.18. The van der Waals surface area contributed by atoms with Gasteiger partial charge in [-0.15, -0.1) is 0 Å². The van der Waals surface area contributed by atoms with E-state index < -0.39 is 0 Å². The summed E-state index contributed by atoms with van der Waals surface area (Å²) in [5, 5.41) is 7.84. The van der Waals surface area contributed by atoms with Crippen LogP contribution in [0.5, 0.6) is 0 Å². The van der Waals surface area contributed by atoms with Crippen molar-refractivity contribution in [3.8, 4) is 0 Å². The van der Waals surface area contributed by atoms with Crippen LogP contribution in [0.2, 0.25) is 5.02 Å². The van der Waals surface area contributed by atoms with E-state index >= 15 is 0 Å². The first-order chi connectivity index (χ1) is 9.78. The van der Waals surface area contributed by atoms with Crippen molar-refractivity contribution in [3.63, 3.8) is 0 Å². The summed E-state index contributed by atoms with van der Waals surface area (Å²) in [5.74, 6) is 1.30. The Bertz CT molecular complexity index is 758. The normalized spacial score (nSPS) is 10.5. The van der Waals surface area contributed by atoms with E-state index in [0.717, 1.165) is 22.4 Å². The van der Waals surface area contributed by atoms with E-state index in [1.807, 2.05) is 48.5 Å². The first-order valence-electron chi connectivity index (χ1n) is 6.24. The van der Waals surface area contributed by atoms with Gasteiger partial charge in [-0.05, 0) is 24.3 Å². The molecule has 4 nitrogen and oxygen atoms in total. The lowest BCUT2D eigenvalue weighted by Gasteiger charge is -2.11. The van der Waals surface area contributed by atoms with Gasteiger partial charge in [-0.25, -0.2) is 4.98 Å². The number of hydrogen-bond donors (Lipinski definition) is 2. The van der Waals surface area contributed by atoms with Crippen LogP contribution in [0.15, 0.2) is 48.5 Å². The van der Waals surface area contributed by atoms with Gasteiger partial charge in [0.1, 0.15) is 5.82 Å². The Hall–Kier alpha value is -2.33. The van der Waals surface area contributed by atoms with Gasteiger partial charge in [-0.1, -0.05) is 35.9 Å². The molecule has 0 atom stereocenters. The monoisotopic (exact) mass is 284 g/mol. The highest BCUT2D eigenvalue weighted by atomic mass is 35.5. The number of fused-ring (bicyclic) bond motifs is 1. The Labute approximate surface area is 121 Å². The largest absolute Gasteiger partial charge is 0.357 e. The second kappa shape index (κ2) is 5.35. The van der Waals surface area contributed by atoms with Gasteiger partial charge in [-0.3, -0.25) is 0 Å². The number of nitrogens with one attached hydrogen (secondary N) is 2. The lowest BCUT2D eigenvalue weighted by atomic mass is 10.2. The molecule has 20 heavy (non-hydrogen) atoms. The molecule has 0 unspecified atom stereocenters. The topological polar surface area (TPSA) is 49.8 Å². The maximum absolute atomic E-state index is 6.18. The molecular formula is C15H13ClN4. The molecule has 3 rings (SSSR count). The fourth-order valence-electron chi connectivity index (χ4n) is 1.97. The van der Waals surface area contributed by atoms with Gasteiger partial charge in [0.05, 0.1) is 16.2 Å². The van der Waals surface area contributed by atoms with Gasteiger partial charge in [0, 0.05) is 12.4 Å². The van der Waals surface area contributed by atoms with Crippen LogP contribution in [0.25, 0.3) is 10.9 Å². The SMILES string of the molecule is CNc1nc(Nc2ccccc2Cl)c2ccccc2n1. The number of halogens is 1. The molecule has 0 spiro atoms. The Balaban J connectivity index is 2.13. The molecule has 100 valence electrons. The van der Waals surface area contributed by atoms with Gasteiger partial charge in [0.25, 0.3) is 0 Å². The lowest BCUT2D eigenvalue weighted by Crippen LogP contribution is -2.02. The average Bonchev–Trinajstić information content (AvgIpc) is 2.49. The molecule has 0 aliphatic carbocycles. The highest BCUT2D eigenvalue weighted by Gasteiger charge is 2.08. The smallest absolute Gasteiger partial charge is 0.224 e. The van der Waals surface area contributed by atoms with Gasteiger partial charge < -0.3 is 10.6 Å². The molecule has 1 aromatic heterocycles. The molecule has 0 fully saturated rings. The number of anilines is 3. The Morgan fingerprint density at radius 3 is 2.50 bits per heavy atom.